The van der Waals surface area contributed by atoms with E-state index < -0.39 is 0 Å². The quantitative estimate of drug-likeness (QED) is 0.847. The van der Waals surface area contributed by atoms with E-state index in [4.69, 9.17) is 32.7 Å². The Morgan fingerprint density at radius 1 is 1.40 bits per heavy atom. The van der Waals surface area contributed by atoms with Crippen molar-refractivity contribution >= 4 is 17.4 Å². The molecule has 3 rings (SSSR count). The largest absolute Gasteiger partial charge is 0.454 e. The van der Waals surface area contributed by atoms with E-state index in [0.717, 1.165) is 24.2 Å². The number of halogens is 1. The van der Waals surface area contributed by atoms with Gasteiger partial charge in [-0.3, -0.25) is 0 Å². The zero-order valence-electron chi connectivity index (χ0n) is 11.0. The van der Waals surface area contributed by atoms with Gasteiger partial charge in [0.25, 0.3) is 0 Å². The van der Waals surface area contributed by atoms with Crippen molar-refractivity contribution in [1.29, 1.82) is 0 Å². The molecule has 0 aliphatic carbocycles. The Morgan fingerprint density at radius 2 is 2.20 bits per heavy atom. The highest BCUT2D eigenvalue weighted by molar-refractivity contribution is 6.32. The summed E-state index contributed by atoms with van der Waals surface area (Å²) in [5.74, 6) is 8.21. The molecule has 2 aromatic rings. The van der Waals surface area contributed by atoms with Gasteiger partial charge in [0.05, 0.1) is 5.02 Å². The molecule has 0 fully saturated rings. The van der Waals surface area contributed by atoms with Gasteiger partial charge in [-0.2, -0.15) is 0 Å². The van der Waals surface area contributed by atoms with Crippen LogP contribution in [0.1, 0.15) is 19.2 Å². The number of anilines is 1. The van der Waals surface area contributed by atoms with Gasteiger partial charge in [0.1, 0.15) is 11.5 Å². The van der Waals surface area contributed by atoms with Crippen molar-refractivity contribution in [1.82, 2.24) is 9.66 Å². The van der Waals surface area contributed by atoms with Crippen molar-refractivity contribution in [2.45, 2.75) is 19.8 Å². The van der Waals surface area contributed by atoms with Gasteiger partial charge < -0.3 is 21.1 Å². The lowest BCUT2D eigenvalue weighted by Crippen LogP contribution is -2.15. The highest BCUT2D eigenvalue weighted by Gasteiger charge is 2.22. The third-order valence-electron chi connectivity index (χ3n) is 3.20. The highest BCUT2D eigenvalue weighted by Crippen LogP contribution is 2.42. The summed E-state index contributed by atoms with van der Waals surface area (Å²) < 4.78 is 12.0. The Kier molecular flexibility index (Phi) is 3.10. The first kappa shape index (κ1) is 12.9. The second-order valence-electron chi connectivity index (χ2n) is 4.57. The average molecular weight is 295 g/mol. The van der Waals surface area contributed by atoms with Crippen LogP contribution in [-0.2, 0) is 6.42 Å². The van der Waals surface area contributed by atoms with Gasteiger partial charge in [0, 0.05) is 12.0 Å². The first-order chi connectivity index (χ1) is 9.61. The molecule has 1 aliphatic rings. The molecule has 106 valence electrons. The average Bonchev–Trinajstić information content (AvgIpc) is 2.99. The van der Waals surface area contributed by atoms with Gasteiger partial charge >= 0.3 is 0 Å². The summed E-state index contributed by atoms with van der Waals surface area (Å²) in [6.07, 6.45) is 1.70. The number of nitrogens with zero attached hydrogens (tertiary/aromatic N) is 2. The van der Waals surface area contributed by atoms with Crippen LogP contribution in [0, 0.1) is 0 Å². The maximum Gasteiger partial charge on any atom is 0.231 e. The van der Waals surface area contributed by atoms with Crippen LogP contribution in [0.3, 0.4) is 0 Å². The molecule has 6 nitrogen and oxygen atoms in total. The first-order valence-electron chi connectivity index (χ1n) is 6.33. The third kappa shape index (κ3) is 1.92. The standard InChI is InChI=1S/C13H15ClN4O2/c1-2-3-10-17-11(13(15)18(10)16)7-4-8(14)12-9(5-7)19-6-20-12/h4-5H,2-3,6,15-16H2,1H3. The van der Waals surface area contributed by atoms with Crippen molar-refractivity contribution in [2.75, 3.05) is 18.4 Å². The van der Waals surface area contributed by atoms with Crippen molar-refractivity contribution in [2.24, 2.45) is 0 Å². The van der Waals surface area contributed by atoms with E-state index in [1.807, 2.05) is 6.07 Å². The molecule has 1 aromatic carbocycles. The molecule has 1 aliphatic heterocycles. The number of nitrogens with two attached hydrogens (primary N) is 2. The zero-order valence-corrected chi connectivity index (χ0v) is 11.8. The van der Waals surface area contributed by atoms with Crippen LogP contribution in [0.5, 0.6) is 11.5 Å². The van der Waals surface area contributed by atoms with Gasteiger partial charge in [0.15, 0.2) is 17.3 Å². The lowest BCUT2D eigenvalue weighted by molar-refractivity contribution is 0.174. The second kappa shape index (κ2) is 4.79. The maximum atomic E-state index is 6.17. The fourth-order valence-corrected chi connectivity index (χ4v) is 2.48. The summed E-state index contributed by atoms with van der Waals surface area (Å²) >= 11 is 6.17. The molecule has 1 aromatic heterocycles. The van der Waals surface area contributed by atoms with E-state index in [1.165, 1.54) is 4.68 Å². The molecule has 4 N–H and O–H groups in total. The minimum atomic E-state index is 0.167. The van der Waals surface area contributed by atoms with Crippen molar-refractivity contribution in [3.63, 3.8) is 0 Å². The molecular weight excluding hydrogens is 280 g/mol. The summed E-state index contributed by atoms with van der Waals surface area (Å²) in [7, 11) is 0. The molecule has 0 saturated carbocycles. The normalized spacial score (nSPS) is 12.9. The van der Waals surface area contributed by atoms with Gasteiger partial charge in [-0.25, -0.2) is 9.66 Å². The molecule has 0 saturated heterocycles. The number of ether oxygens (including phenoxy) is 2. The Bertz CT molecular complexity index is 669. The Morgan fingerprint density at radius 3 is 2.95 bits per heavy atom. The Hall–Kier alpha value is -2.08. The van der Waals surface area contributed by atoms with E-state index in [0.29, 0.717) is 28.0 Å². The monoisotopic (exact) mass is 294 g/mol. The van der Waals surface area contributed by atoms with Crippen LogP contribution in [-0.4, -0.2) is 16.5 Å². The molecule has 0 unspecified atom stereocenters. The van der Waals surface area contributed by atoms with E-state index in [-0.39, 0.29) is 6.79 Å². The number of hydrogen-bond acceptors (Lipinski definition) is 5. The fourth-order valence-electron chi connectivity index (χ4n) is 2.21. The SMILES string of the molecule is CCCc1nc(-c2cc(Cl)c3c(c2)OCO3)c(N)n1N. The predicted molar refractivity (Wildman–Crippen MR) is 77.4 cm³/mol. The Balaban J connectivity index is 2.10. The van der Waals surface area contributed by atoms with Crippen LogP contribution in [0.4, 0.5) is 5.82 Å². The predicted octanol–water partition coefficient (Wildman–Crippen LogP) is 2.18. The number of rotatable bonds is 3. The molecule has 0 bridgehead atoms. The van der Waals surface area contributed by atoms with Crippen LogP contribution in [0.25, 0.3) is 11.3 Å². The lowest BCUT2D eigenvalue weighted by atomic mass is 10.1. The lowest BCUT2D eigenvalue weighted by Gasteiger charge is -2.04. The Labute approximate surface area is 121 Å². The first-order valence-corrected chi connectivity index (χ1v) is 6.71. The number of benzene rings is 1. The minimum Gasteiger partial charge on any atom is -0.454 e. The molecule has 2 heterocycles. The van der Waals surface area contributed by atoms with Crippen molar-refractivity contribution < 1.29 is 9.47 Å². The van der Waals surface area contributed by atoms with Gasteiger partial charge in [-0.15, -0.1) is 0 Å². The van der Waals surface area contributed by atoms with Crippen LogP contribution >= 0.6 is 11.6 Å². The molecule has 20 heavy (non-hydrogen) atoms. The third-order valence-corrected chi connectivity index (χ3v) is 3.48. The van der Waals surface area contributed by atoms with E-state index in [1.54, 1.807) is 6.07 Å². The molecule has 0 radical (unpaired) electrons. The topological polar surface area (TPSA) is 88.3 Å². The second-order valence-corrected chi connectivity index (χ2v) is 4.98. The summed E-state index contributed by atoms with van der Waals surface area (Å²) in [5, 5.41) is 0.470. The van der Waals surface area contributed by atoms with E-state index in [2.05, 4.69) is 11.9 Å². The van der Waals surface area contributed by atoms with Crippen molar-refractivity contribution in [3.8, 4) is 22.8 Å². The summed E-state index contributed by atoms with van der Waals surface area (Å²) in [5.41, 5.74) is 7.39. The van der Waals surface area contributed by atoms with Crippen LogP contribution in [0.2, 0.25) is 5.02 Å². The van der Waals surface area contributed by atoms with Crippen LogP contribution in [0.15, 0.2) is 12.1 Å². The maximum absolute atomic E-state index is 6.17. The highest BCUT2D eigenvalue weighted by atomic mass is 35.5. The summed E-state index contributed by atoms with van der Waals surface area (Å²) in [6.45, 7) is 2.22. The van der Waals surface area contributed by atoms with Crippen LogP contribution < -0.4 is 21.1 Å². The zero-order chi connectivity index (χ0) is 14.3. The molecule has 0 atom stereocenters. The molecular formula is C13H15ClN4O2. The molecule has 0 amide bonds. The summed E-state index contributed by atoms with van der Waals surface area (Å²) in [4.78, 5) is 4.49. The smallest absolute Gasteiger partial charge is 0.231 e. The number of fused-ring (bicyclic) bond motifs is 1. The number of aromatic nitrogens is 2. The van der Waals surface area contributed by atoms with Gasteiger partial charge in [-0.05, 0) is 18.6 Å². The fraction of sp³-hybridized carbons (Fsp3) is 0.308. The van der Waals surface area contributed by atoms with Gasteiger partial charge in [-0.1, -0.05) is 18.5 Å². The number of nitrogen functional groups attached to an aromatic ring is 2. The van der Waals surface area contributed by atoms with Crippen molar-refractivity contribution in [3.05, 3.63) is 23.0 Å². The minimum absolute atomic E-state index is 0.167. The van der Waals surface area contributed by atoms with Gasteiger partial charge in [0.2, 0.25) is 6.79 Å². The number of imidazole rings is 1. The van der Waals surface area contributed by atoms with E-state index in [9.17, 15) is 0 Å². The molecule has 7 heteroatoms. The molecule has 0 spiro atoms. The van der Waals surface area contributed by atoms with E-state index >= 15 is 0 Å². The number of hydrogen-bond donors (Lipinski definition) is 2. The summed E-state index contributed by atoms with van der Waals surface area (Å²) in [6, 6.07) is 3.56. The number of aryl methyl sites for hydroxylation is 1.